The number of nitrogens with one attached hydrogen (secondary N) is 2. The van der Waals surface area contributed by atoms with Crippen LogP contribution in [0.3, 0.4) is 0 Å². The zero-order valence-corrected chi connectivity index (χ0v) is 43.3. The Morgan fingerprint density at radius 3 is 1.77 bits per heavy atom. The van der Waals surface area contributed by atoms with Gasteiger partial charge in [-0.25, -0.2) is 0 Å². The smallest absolute Gasteiger partial charge is 0.279 e. The van der Waals surface area contributed by atoms with Gasteiger partial charge in [-0.15, -0.1) is 0 Å². The molecule has 0 bridgehead atoms. The molecule has 0 fully saturated rings. The van der Waals surface area contributed by atoms with Gasteiger partial charge in [-0.05, 0) is 118 Å². The highest BCUT2D eigenvalue weighted by Gasteiger charge is 2.27. The van der Waals surface area contributed by atoms with Crippen molar-refractivity contribution < 1.29 is 4.92 Å². The van der Waals surface area contributed by atoms with Crippen LogP contribution in [-0.2, 0) is 13.5 Å². The summed E-state index contributed by atoms with van der Waals surface area (Å²) in [5, 5.41) is 14.7. The van der Waals surface area contributed by atoms with Gasteiger partial charge in [-0.3, -0.25) is 24.8 Å². The molecule has 0 aliphatic heterocycles. The molecule has 0 saturated carbocycles. The van der Waals surface area contributed by atoms with Gasteiger partial charge in [-0.1, -0.05) is 146 Å². The van der Waals surface area contributed by atoms with Gasteiger partial charge in [-0.2, -0.15) is 0 Å². The third kappa shape index (κ3) is 10.3. The molecular formula is C54H56Br3N7O2. The van der Waals surface area contributed by atoms with E-state index in [4.69, 9.17) is 0 Å². The van der Waals surface area contributed by atoms with Crippen molar-refractivity contribution in [2.75, 3.05) is 42.3 Å². The maximum atomic E-state index is 11.4. The number of non-ortho nitro benzene ring substituents is 1. The molecule has 6 aromatic carbocycles. The Balaban J connectivity index is 0.000000147. The third-order valence-electron chi connectivity index (χ3n) is 12.1. The van der Waals surface area contributed by atoms with E-state index in [-0.39, 0.29) is 28.7 Å². The monoisotopic (exact) mass is 1070 g/mol. The largest absolute Gasteiger partial charge is 0.361 e. The quantitative estimate of drug-likeness (QED) is 0.0995. The number of nitro benzene ring substituents is 1. The van der Waals surface area contributed by atoms with E-state index in [1.54, 1.807) is 12.1 Å². The van der Waals surface area contributed by atoms with Gasteiger partial charge in [0.25, 0.3) is 5.69 Å². The van der Waals surface area contributed by atoms with Crippen molar-refractivity contribution in [3.63, 3.8) is 0 Å². The Morgan fingerprint density at radius 1 is 0.606 bits per heavy atom. The molecule has 0 saturated heterocycles. The lowest BCUT2D eigenvalue weighted by molar-refractivity contribution is -0.383. The Morgan fingerprint density at radius 2 is 1.17 bits per heavy atom. The summed E-state index contributed by atoms with van der Waals surface area (Å²) in [7, 11) is 14.6. The van der Waals surface area contributed by atoms with Gasteiger partial charge < -0.3 is 14.5 Å². The van der Waals surface area contributed by atoms with Crippen molar-refractivity contribution in [1.82, 2.24) is 29.2 Å². The average Bonchev–Trinajstić information content (AvgIpc) is 4.01. The maximum absolute atomic E-state index is 11.4. The number of hydrogen-bond donors (Lipinski definition) is 2. The summed E-state index contributed by atoms with van der Waals surface area (Å²) in [5.41, 5.74) is 12.0. The number of fused-ring (bicyclic) bond motifs is 3. The van der Waals surface area contributed by atoms with E-state index in [9.17, 15) is 10.1 Å². The first-order chi connectivity index (χ1) is 31.7. The molecule has 0 aliphatic rings. The second-order valence-corrected chi connectivity index (χ2v) is 19.7. The Hall–Kier alpha value is -5.34. The van der Waals surface area contributed by atoms with Crippen molar-refractivity contribution in [2.45, 2.75) is 31.5 Å². The number of hydrogen-bond acceptors (Lipinski definition) is 5. The summed E-state index contributed by atoms with van der Waals surface area (Å²) in [4.78, 5) is 24.3. The van der Waals surface area contributed by atoms with E-state index >= 15 is 0 Å². The number of nitro groups is 1. The van der Waals surface area contributed by atoms with E-state index in [2.05, 4.69) is 223 Å². The van der Waals surface area contributed by atoms with E-state index in [0.29, 0.717) is 5.39 Å². The molecule has 3 aromatic heterocycles. The molecule has 9 rings (SSSR count). The van der Waals surface area contributed by atoms with Crippen LogP contribution in [-0.4, -0.2) is 76.4 Å². The van der Waals surface area contributed by atoms with Crippen molar-refractivity contribution >= 4 is 86.2 Å². The molecule has 2 N–H and O–H groups in total. The fourth-order valence-corrected chi connectivity index (χ4v) is 10.6. The molecule has 3 atom stereocenters. The SMILES string of the molecule is CCc1cccc2c(C(c3cccc(Br)c3)N(C)C)c[nH]c12.CN(C)C(c1ccccc1Br)c1c[nH]c2cccc([N+](=O)[O-])c12.CN(C)C(c1ccccc1Br)c1cn(C)c2ccccc12. The molecule has 0 amide bonds. The van der Waals surface area contributed by atoms with Crippen molar-refractivity contribution in [1.29, 1.82) is 0 Å². The summed E-state index contributed by atoms with van der Waals surface area (Å²) in [5.74, 6) is 0. The van der Waals surface area contributed by atoms with Gasteiger partial charge in [0.2, 0.25) is 0 Å². The predicted molar refractivity (Wildman–Crippen MR) is 285 cm³/mol. The van der Waals surface area contributed by atoms with Gasteiger partial charge in [0.15, 0.2) is 0 Å². The van der Waals surface area contributed by atoms with Crippen LogP contribution in [0.15, 0.2) is 165 Å². The number of halogens is 3. The van der Waals surface area contributed by atoms with Crippen LogP contribution in [0.25, 0.3) is 32.7 Å². The van der Waals surface area contributed by atoms with Crippen LogP contribution in [0, 0.1) is 10.1 Å². The fraction of sp³-hybridized carbons (Fsp3) is 0.222. The lowest BCUT2D eigenvalue weighted by Crippen LogP contribution is -2.21. The minimum absolute atomic E-state index is 0.0968. The van der Waals surface area contributed by atoms with E-state index in [1.807, 2.05) is 50.6 Å². The van der Waals surface area contributed by atoms with Crippen LogP contribution < -0.4 is 0 Å². The molecule has 3 heterocycles. The van der Waals surface area contributed by atoms with Crippen LogP contribution >= 0.6 is 47.8 Å². The second kappa shape index (κ2) is 21.5. The molecular weight excluding hydrogens is 1020 g/mol. The van der Waals surface area contributed by atoms with Crippen LogP contribution in [0.2, 0.25) is 0 Å². The average molecular weight is 1070 g/mol. The highest BCUT2D eigenvalue weighted by atomic mass is 79.9. The number of aromatic amines is 2. The van der Waals surface area contributed by atoms with E-state index < -0.39 is 0 Å². The van der Waals surface area contributed by atoms with Crippen LogP contribution in [0.5, 0.6) is 0 Å². The number of aromatic nitrogens is 3. The lowest BCUT2D eigenvalue weighted by Gasteiger charge is -2.25. The summed E-state index contributed by atoms with van der Waals surface area (Å²) in [6, 6.07) is 45.6. The zero-order valence-electron chi connectivity index (χ0n) is 38.6. The van der Waals surface area contributed by atoms with E-state index in [1.165, 1.54) is 49.6 Å². The number of para-hydroxylation sites is 2. The minimum Gasteiger partial charge on any atom is -0.361 e. The Labute approximate surface area is 413 Å². The van der Waals surface area contributed by atoms with E-state index in [0.717, 1.165) is 36.5 Å². The number of aryl methyl sites for hydroxylation is 2. The molecule has 0 aliphatic carbocycles. The first kappa shape index (κ1) is 48.6. The summed E-state index contributed by atoms with van der Waals surface area (Å²) < 4.78 is 5.45. The van der Waals surface area contributed by atoms with Gasteiger partial charge in [0.1, 0.15) is 0 Å². The summed E-state index contributed by atoms with van der Waals surface area (Å²) >= 11 is 10.9. The lowest BCUT2D eigenvalue weighted by atomic mass is 9.96. The Kier molecular flexibility index (Phi) is 15.8. The third-order valence-corrected chi connectivity index (χ3v) is 14.0. The van der Waals surface area contributed by atoms with Crippen LogP contribution in [0.1, 0.15) is 64.0 Å². The highest BCUT2D eigenvalue weighted by Crippen LogP contribution is 2.40. The van der Waals surface area contributed by atoms with Crippen molar-refractivity contribution in [3.8, 4) is 0 Å². The molecule has 9 nitrogen and oxygen atoms in total. The van der Waals surface area contributed by atoms with Crippen molar-refractivity contribution in [2.24, 2.45) is 7.05 Å². The number of H-pyrrole nitrogens is 2. The van der Waals surface area contributed by atoms with Gasteiger partial charge in [0.05, 0.1) is 34.0 Å². The standard InChI is InChI=1S/C19H21BrN2.C18H19BrN2.C17H16BrN3O2/c1-4-13-7-6-10-16-17(12-21-18(13)16)19(22(2)3)14-8-5-9-15(20)11-14;1-20(2)18(14-9-4-6-10-16(14)19)15-12-21(3)17-11-7-5-8-13(15)17;1-20(2)17(11-6-3-4-7-13(11)18)12-10-19-14-8-5-9-15(16(12)14)21(22)23/h5-12,19,21H,4H2,1-3H3;4-12,18H,1-3H3;3-10,17,19H,1-2H3. The molecule has 12 heteroatoms. The topological polar surface area (TPSA) is 89.4 Å². The fourth-order valence-electron chi connectivity index (χ4n) is 9.18. The second-order valence-electron chi connectivity index (χ2n) is 17.0. The zero-order chi connectivity index (χ0) is 47.2. The molecule has 0 radical (unpaired) electrons. The maximum Gasteiger partial charge on any atom is 0.279 e. The number of nitrogens with zero attached hydrogens (tertiary/aromatic N) is 5. The van der Waals surface area contributed by atoms with Crippen LogP contribution in [0.4, 0.5) is 5.69 Å². The molecule has 0 spiro atoms. The van der Waals surface area contributed by atoms with Crippen molar-refractivity contribution in [3.05, 3.63) is 215 Å². The molecule has 9 aromatic rings. The predicted octanol–water partition coefficient (Wildman–Crippen LogP) is 14.2. The normalized spacial score (nSPS) is 12.9. The first-order valence-electron chi connectivity index (χ1n) is 21.8. The summed E-state index contributed by atoms with van der Waals surface area (Å²) in [6.45, 7) is 2.20. The number of rotatable bonds is 11. The van der Waals surface area contributed by atoms with Gasteiger partial charge in [0, 0.05) is 72.5 Å². The highest BCUT2D eigenvalue weighted by molar-refractivity contribution is 9.11. The van der Waals surface area contributed by atoms with Gasteiger partial charge >= 0.3 is 0 Å². The first-order valence-corrected chi connectivity index (χ1v) is 24.2. The molecule has 3 unspecified atom stereocenters. The minimum atomic E-state index is -0.327. The number of benzene rings is 6. The molecule has 340 valence electrons. The Bertz CT molecular complexity index is 3100. The molecule has 66 heavy (non-hydrogen) atoms. The summed E-state index contributed by atoms with van der Waals surface area (Å²) in [6.07, 6.45) is 7.31.